The van der Waals surface area contributed by atoms with E-state index in [-0.39, 0.29) is 11.8 Å². The van der Waals surface area contributed by atoms with Gasteiger partial charge in [-0.15, -0.1) is 0 Å². The van der Waals surface area contributed by atoms with Crippen LogP contribution in [0.15, 0.2) is 0 Å². The van der Waals surface area contributed by atoms with Crippen molar-refractivity contribution in [1.29, 1.82) is 0 Å². The second kappa shape index (κ2) is 8.32. The zero-order valence-electron chi connectivity index (χ0n) is 15.1. The fourth-order valence-corrected chi connectivity index (χ4v) is 4.15. The average molecular weight is 335 g/mol. The van der Waals surface area contributed by atoms with E-state index in [0.29, 0.717) is 17.9 Å². The number of hydrogen-bond acceptors (Lipinski definition) is 3. The third-order valence-corrected chi connectivity index (χ3v) is 6.07. The van der Waals surface area contributed by atoms with Gasteiger partial charge in [0.2, 0.25) is 11.8 Å². The van der Waals surface area contributed by atoms with Crippen molar-refractivity contribution in [1.82, 2.24) is 15.1 Å². The summed E-state index contributed by atoms with van der Waals surface area (Å²) >= 11 is 0. The predicted molar refractivity (Wildman–Crippen MR) is 94.5 cm³/mol. The number of carbonyl (C=O) groups is 2. The highest BCUT2D eigenvalue weighted by atomic mass is 16.2. The molecule has 0 aromatic heterocycles. The van der Waals surface area contributed by atoms with Crippen molar-refractivity contribution in [2.75, 3.05) is 33.2 Å². The van der Waals surface area contributed by atoms with Crippen LogP contribution in [0.2, 0.25) is 0 Å². The molecule has 3 fully saturated rings. The van der Waals surface area contributed by atoms with E-state index in [1.165, 1.54) is 32.1 Å². The fraction of sp³-hybridized carbons (Fsp3) is 0.895. The van der Waals surface area contributed by atoms with Gasteiger partial charge < -0.3 is 15.1 Å². The number of hydrogen-bond donors (Lipinski definition) is 1. The lowest BCUT2D eigenvalue weighted by Gasteiger charge is -2.32. The number of nitrogens with one attached hydrogen (secondary N) is 1. The lowest BCUT2D eigenvalue weighted by Crippen LogP contribution is -2.45. The van der Waals surface area contributed by atoms with E-state index in [2.05, 4.69) is 17.3 Å². The van der Waals surface area contributed by atoms with Gasteiger partial charge in [-0.25, -0.2) is 0 Å². The minimum atomic E-state index is 0.0910. The molecule has 2 amide bonds. The molecule has 1 aliphatic heterocycles. The summed E-state index contributed by atoms with van der Waals surface area (Å²) in [6, 6.07) is 0.701. The van der Waals surface area contributed by atoms with Crippen LogP contribution in [0.5, 0.6) is 0 Å². The van der Waals surface area contributed by atoms with Crippen molar-refractivity contribution in [2.45, 2.75) is 63.8 Å². The van der Waals surface area contributed by atoms with Crippen LogP contribution < -0.4 is 5.32 Å². The number of carbonyl (C=O) groups excluding carboxylic acids is 2. The molecule has 1 saturated heterocycles. The molecule has 0 bridgehead atoms. The van der Waals surface area contributed by atoms with Crippen molar-refractivity contribution in [3.8, 4) is 0 Å². The second-order valence-electron chi connectivity index (χ2n) is 7.94. The minimum absolute atomic E-state index is 0.0910. The molecule has 3 aliphatic rings. The molecule has 136 valence electrons. The molecule has 2 aliphatic carbocycles. The third kappa shape index (κ3) is 4.71. The highest BCUT2D eigenvalue weighted by Gasteiger charge is 2.35. The Balaban J connectivity index is 1.31. The zero-order valence-corrected chi connectivity index (χ0v) is 15.1. The van der Waals surface area contributed by atoms with E-state index in [1.807, 2.05) is 4.90 Å². The van der Waals surface area contributed by atoms with E-state index in [1.54, 1.807) is 0 Å². The SMILES string of the molecule is CN(CCNC(=O)C1CCN(C(=O)C2CC2)CC1)C1CCCCC1. The fourth-order valence-electron chi connectivity index (χ4n) is 4.15. The Morgan fingerprint density at radius 2 is 1.62 bits per heavy atom. The summed E-state index contributed by atoms with van der Waals surface area (Å²) in [5.74, 6) is 0.896. The van der Waals surface area contributed by atoms with Crippen molar-refractivity contribution >= 4 is 11.8 Å². The molecule has 0 atom stereocenters. The van der Waals surface area contributed by atoms with Crippen LogP contribution in [0.25, 0.3) is 0 Å². The number of nitrogens with zero attached hydrogens (tertiary/aromatic N) is 2. The van der Waals surface area contributed by atoms with Crippen LogP contribution in [0.1, 0.15) is 57.8 Å². The van der Waals surface area contributed by atoms with Gasteiger partial charge in [0.05, 0.1) is 0 Å². The topological polar surface area (TPSA) is 52.7 Å². The van der Waals surface area contributed by atoms with E-state index in [0.717, 1.165) is 51.9 Å². The van der Waals surface area contributed by atoms with Crippen molar-refractivity contribution in [3.63, 3.8) is 0 Å². The number of rotatable bonds is 6. The molecule has 1 N–H and O–H groups in total. The first-order chi connectivity index (χ1) is 11.6. The quantitative estimate of drug-likeness (QED) is 0.808. The Morgan fingerprint density at radius 3 is 2.25 bits per heavy atom. The van der Waals surface area contributed by atoms with Gasteiger partial charge in [0.25, 0.3) is 0 Å². The number of likely N-dealkylation sites (tertiary alicyclic amines) is 1. The molecule has 0 aromatic rings. The minimum Gasteiger partial charge on any atom is -0.355 e. The molecule has 0 aromatic carbocycles. The smallest absolute Gasteiger partial charge is 0.225 e. The van der Waals surface area contributed by atoms with Gasteiger partial charge >= 0.3 is 0 Å². The monoisotopic (exact) mass is 335 g/mol. The van der Waals surface area contributed by atoms with E-state index < -0.39 is 0 Å². The summed E-state index contributed by atoms with van der Waals surface area (Å²) in [4.78, 5) is 28.8. The van der Waals surface area contributed by atoms with Crippen LogP contribution in [-0.2, 0) is 9.59 Å². The third-order valence-electron chi connectivity index (χ3n) is 6.07. The normalized spacial score (nSPS) is 23.5. The van der Waals surface area contributed by atoms with Crippen LogP contribution in [0.4, 0.5) is 0 Å². The molecular weight excluding hydrogens is 302 g/mol. The Hall–Kier alpha value is -1.10. The summed E-state index contributed by atoms with van der Waals surface area (Å²) in [5.41, 5.74) is 0. The molecule has 24 heavy (non-hydrogen) atoms. The van der Waals surface area contributed by atoms with Crippen molar-refractivity contribution < 1.29 is 9.59 Å². The molecule has 2 saturated carbocycles. The first-order valence-electron chi connectivity index (χ1n) is 9.92. The van der Waals surface area contributed by atoms with Crippen LogP contribution in [0, 0.1) is 11.8 Å². The van der Waals surface area contributed by atoms with Crippen LogP contribution in [-0.4, -0.2) is 60.9 Å². The van der Waals surface area contributed by atoms with Gasteiger partial charge in [-0.3, -0.25) is 9.59 Å². The maximum Gasteiger partial charge on any atom is 0.225 e. The number of likely N-dealkylation sites (N-methyl/N-ethyl adjacent to an activating group) is 1. The first kappa shape index (κ1) is 17.7. The van der Waals surface area contributed by atoms with Gasteiger partial charge in [-0.2, -0.15) is 0 Å². The lowest BCUT2D eigenvalue weighted by molar-refractivity contribution is -0.136. The Morgan fingerprint density at radius 1 is 0.958 bits per heavy atom. The summed E-state index contributed by atoms with van der Waals surface area (Å²) in [6.45, 7) is 3.20. The summed E-state index contributed by atoms with van der Waals surface area (Å²) in [7, 11) is 2.18. The van der Waals surface area contributed by atoms with Gasteiger partial charge in [0.1, 0.15) is 0 Å². The second-order valence-corrected chi connectivity index (χ2v) is 7.94. The standard InChI is InChI=1S/C19H33N3O2/c1-21(17-5-3-2-4-6-17)14-11-20-18(23)15-9-12-22(13-10-15)19(24)16-7-8-16/h15-17H,2-14H2,1H3,(H,20,23). The largest absolute Gasteiger partial charge is 0.355 e. The van der Waals surface area contributed by atoms with E-state index in [4.69, 9.17) is 0 Å². The highest BCUT2D eigenvalue weighted by Crippen LogP contribution is 2.32. The highest BCUT2D eigenvalue weighted by molar-refractivity contribution is 5.82. The van der Waals surface area contributed by atoms with Crippen molar-refractivity contribution in [3.05, 3.63) is 0 Å². The Kier molecular flexibility index (Phi) is 6.14. The molecule has 3 rings (SSSR count). The Bertz CT molecular complexity index is 436. The van der Waals surface area contributed by atoms with Crippen LogP contribution in [0.3, 0.4) is 0 Å². The Labute approximate surface area is 146 Å². The molecule has 5 heteroatoms. The molecular formula is C19H33N3O2. The predicted octanol–water partition coefficient (Wildman–Crippen LogP) is 2.02. The van der Waals surface area contributed by atoms with Crippen molar-refractivity contribution in [2.24, 2.45) is 11.8 Å². The maximum absolute atomic E-state index is 12.3. The molecule has 1 heterocycles. The number of amides is 2. The van der Waals surface area contributed by atoms with E-state index >= 15 is 0 Å². The summed E-state index contributed by atoms with van der Waals surface area (Å²) in [5, 5.41) is 3.12. The van der Waals surface area contributed by atoms with Gasteiger partial charge in [0.15, 0.2) is 0 Å². The average Bonchev–Trinajstić information content (AvgIpc) is 3.47. The van der Waals surface area contributed by atoms with Gasteiger partial charge in [0, 0.05) is 44.1 Å². The molecule has 0 spiro atoms. The summed E-state index contributed by atoms with van der Waals surface area (Å²) < 4.78 is 0. The van der Waals surface area contributed by atoms with E-state index in [9.17, 15) is 9.59 Å². The zero-order chi connectivity index (χ0) is 16.9. The van der Waals surface area contributed by atoms with Gasteiger partial charge in [-0.05, 0) is 45.6 Å². The molecule has 0 unspecified atom stereocenters. The first-order valence-corrected chi connectivity index (χ1v) is 9.92. The maximum atomic E-state index is 12.3. The number of piperidine rings is 1. The lowest BCUT2D eigenvalue weighted by atomic mass is 9.94. The molecule has 0 radical (unpaired) electrons. The summed E-state index contributed by atoms with van der Waals surface area (Å²) in [6.07, 6.45) is 10.4. The molecule has 5 nitrogen and oxygen atoms in total. The van der Waals surface area contributed by atoms with Gasteiger partial charge in [-0.1, -0.05) is 19.3 Å². The van der Waals surface area contributed by atoms with Crippen LogP contribution >= 0.6 is 0 Å².